The predicted octanol–water partition coefficient (Wildman–Crippen LogP) is -45.9. The average Bonchev–Trinajstić information content (AvgIpc) is 3.12. The maximum absolute atomic E-state index is 2.71. The minimum atomic E-state index is 0.569. The first-order valence-corrected chi connectivity index (χ1v) is 31.8. The Morgan fingerprint density at radius 3 is 0.171 bits per heavy atom. The van der Waals surface area contributed by atoms with Crippen LogP contribution in [0.1, 0.15) is 0 Å². The highest BCUT2D eigenvalue weighted by molar-refractivity contribution is 8.39. The summed E-state index contributed by atoms with van der Waals surface area (Å²) in [6.45, 7) is 0. The van der Waals surface area contributed by atoms with Crippen LogP contribution in [0.5, 0.6) is 0 Å². The topological polar surface area (TPSA) is 0 Å². The summed E-state index contributed by atoms with van der Waals surface area (Å²) in [5.74, 6) is 0. The highest BCUT2D eigenvalue weighted by atomic mass is 13.5. The van der Waals surface area contributed by atoms with Crippen LogP contribution in [0.3, 0.4) is 0 Å². The van der Waals surface area contributed by atoms with Crippen LogP contribution in [0.15, 0.2) is 0 Å². The molecule has 0 aromatic rings. The molecule has 70 heteroatoms. The van der Waals surface area contributed by atoms with Gasteiger partial charge in [-0.2, -0.15) is 0 Å². The van der Waals surface area contributed by atoms with Gasteiger partial charge in [-0.3, -0.25) is 0 Å². The number of rotatable bonds is 33. The first-order valence-electron chi connectivity index (χ1n) is 31.8. The molecule has 0 aromatic carbocycles. The third-order valence-electron chi connectivity index (χ3n) is 20.5. The minimum absolute atomic E-state index is 0.569. The van der Waals surface area contributed by atoms with Crippen molar-refractivity contribution < 1.29 is 0 Å². The van der Waals surface area contributed by atoms with Gasteiger partial charge in [0.2, 0.25) is 0 Å². The fourth-order valence-corrected chi connectivity index (χ4v) is 20.3. The molecule has 70 heavy (non-hydrogen) atoms. The van der Waals surface area contributed by atoms with Crippen molar-refractivity contribution in [2.24, 2.45) is 0 Å². The highest BCUT2D eigenvalue weighted by Gasteiger charge is 2.65. The maximum Gasteiger partial charge on any atom is 0.0552 e. The van der Waals surface area contributed by atoms with Gasteiger partial charge in [0.15, 0.2) is 0 Å². The van der Waals surface area contributed by atoms with E-state index in [1.165, 1.54) is 0 Å². The first kappa shape index (κ1) is 74.5. The molecule has 0 unspecified atom stereocenters. The second kappa shape index (κ2) is 34.1. The molecule has 0 amide bonds. The third kappa shape index (κ3) is 19.9. The van der Waals surface area contributed by atoms with Crippen molar-refractivity contribution in [3.8, 4) is 0 Å². The number of hydrogen-bond donors (Lipinski definition) is 0. The van der Waals surface area contributed by atoms with Crippen LogP contribution < -0.4 is 0 Å². The minimum Gasteiger partial charge on any atom is 0.00000550 e. The Morgan fingerprint density at radius 1 is 0.0714 bits per heavy atom. The Balaban J connectivity index is 11.7. The molecule has 0 atom stereocenters. The molecule has 0 aliphatic carbocycles. The molecule has 0 aliphatic rings. The Hall–Kier alpha value is 4.55. The molecular formula is H72B70. The van der Waals surface area contributed by atoms with Crippen LogP contribution in [0.2, 0.25) is 0 Å². The highest BCUT2D eigenvalue weighted by Crippen LogP contribution is 2.26. The molecule has 0 radical (unpaired) electrons. The van der Waals surface area contributed by atoms with Gasteiger partial charge in [-0.05, 0) is 0 Å². The van der Waals surface area contributed by atoms with E-state index < -0.39 is 0 Å². The lowest BCUT2D eigenvalue weighted by molar-refractivity contribution is 3.15. The summed E-state index contributed by atoms with van der Waals surface area (Å²) in [6.07, 6.45) is 20.7. The summed E-state index contributed by atoms with van der Waals surface area (Å²) < 4.78 is 0. The normalized spacial score (nSPS) is 9.77. The molecule has 0 saturated carbocycles. The van der Waals surface area contributed by atoms with E-state index in [1.54, 1.807) is 0 Å². The van der Waals surface area contributed by atoms with Crippen molar-refractivity contribution in [2.75, 3.05) is 0 Å². The van der Waals surface area contributed by atoms with Crippen LogP contribution in [-0.4, -0.2) is 496 Å². The lowest BCUT2D eigenvalue weighted by Crippen LogP contribution is -2.98. The van der Waals surface area contributed by atoms with E-state index in [0.717, 1.165) is 0 Å². The maximum atomic E-state index is 2.71. The Labute approximate surface area is 491 Å². The quantitative estimate of drug-likeness (QED) is 0.0578. The van der Waals surface area contributed by atoms with E-state index in [4.69, 9.17) is 0 Å². The van der Waals surface area contributed by atoms with Gasteiger partial charge in [-0.1, -0.05) is 0 Å². The van der Waals surface area contributed by atoms with Gasteiger partial charge in [0.1, 0.15) is 0 Å². The van der Waals surface area contributed by atoms with E-state index in [-0.39, 0.29) is 0 Å². The second-order valence-electron chi connectivity index (χ2n) is 31.6. The molecule has 0 spiro atoms. The summed E-state index contributed by atoms with van der Waals surface area (Å²) in [7, 11) is 96.6. The van der Waals surface area contributed by atoms with E-state index >= 15 is 0 Å². The van der Waals surface area contributed by atoms with Crippen LogP contribution in [0, 0.1) is 0 Å². The average molecular weight is 829 g/mol. The van der Waals surface area contributed by atoms with E-state index in [9.17, 15) is 0 Å². The first-order chi connectivity index (χ1) is 31.8. The Morgan fingerprint density at radius 2 is 0.114 bits per heavy atom. The fourth-order valence-electron chi connectivity index (χ4n) is 20.3. The summed E-state index contributed by atoms with van der Waals surface area (Å²) in [4.78, 5) is 0. The molecule has 0 heterocycles. The van der Waals surface area contributed by atoms with Crippen molar-refractivity contribution in [1.29, 1.82) is 0 Å². The van der Waals surface area contributed by atoms with E-state index in [0.29, 0.717) is 217 Å². The molecule has 0 aromatic heterocycles. The lowest BCUT2D eigenvalue weighted by atomic mass is 8.21. The predicted molar refractivity (Wildman–Crippen MR) is 503 cm³/mol. The molecule has 282 valence electrons. The zero-order valence-corrected chi connectivity index (χ0v) is 55.6. The van der Waals surface area contributed by atoms with E-state index in [2.05, 4.69) is 279 Å². The molecular weight excluding hydrogens is 757 g/mol. The Kier molecular flexibility index (Phi) is 36.3. The van der Waals surface area contributed by atoms with Crippen molar-refractivity contribution in [3.05, 3.63) is 0 Å². The van der Waals surface area contributed by atoms with Gasteiger partial charge in [0, 0.05) is 217 Å². The number of hydrogen-bond acceptors (Lipinski definition) is 0. The van der Waals surface area contributed by atoms with Crippen molar-refractivity contribution in [2.45, 2.75) is 0 Å². The summed E-state index contributed by atoms with van der Waals surface area (Å²) in [5, 5.41) is 0. The van der Waals surface area contributed by atoms with Crippen molar-refractivity contribution in [3.63, 3.8) is 0 Å². The van der Waals surface area contributed by atoms with Gasteiger partial charge in [-0.25, -0.2) is 0 Å². The monoisotopic (exact) mass is 843 g/mol. The molecule has 0 nitrogen and oxygen atoms in total. The summed E-state index contributed by atoms with van der Waals surface area (Å²) >= 11 is 0. The van der Waals surface area contributed by atoms with Gasteiger partial charge >= 0.3 is 0 Å². The van der Waals surface area contributed by atoms with Gasteiger partial charge < -0.3 is 0 Å². The van der Waals surface area contributed by atoms with Crippen molar-refractivity contribution >= 4 is 496 Å². The second-order valence-corrected chi connectivity index (χ2v) is 31.6. The zero-order valence-electron chi connectivity index (χ0n) is 55.6. The SMILES string of the molecule is BB(B)B(B(B)B)B(B(B(B)B)B(B)B)B(B(B(B)B)B(B)B)B(B(B(B(B)B)B(B)B)B(B(B)B)B(B)B)B(B(B(B(B)B)B(B)B)B(B(B)B)B(B)B)B(B(B(B)B)B(B)B)B(B(B)B)B(B)B. The van der Waals surface area contributed by atoms with Crippen LogP contribution in [-0.2, 0) is 0 Å². The molecule has 0 saturated heterocycles. The largest absolute Gasteiger partial charge is 0.0552 e. The van der Waals surface area contributed by atoms with Crippen LogP contribution in [0.25, 0.3) is 0 Å². The molecule has 0 fully saturated rings. The van der Waals surface area contributed by atoms with Gasteiger partial charge in [0.05, 0.1) is 279 Å². The smallest absolute Gasteiger partial charge is 0.00000550 e. The molecule has 0 bridgehead atoms. The summed E-state index contributed by atoms with van der Waals surface area (Å²) in [5.41, 5.74) is 0. The third-order valence-corrected chi connectivity index (χ3v) is 20.5. The van der Waals surface area contributed by atoms with Crippen LogP contribution in [0.4, 0.5) is 0 Å². The van der Waals surface area contributed by atoms with Crippen molar-refractivity contribution in [1.82, 2.24) is 0 Å². The Bertz CT molecular complexity index is 1130. The molecule has 0 N–H and O–H groups in total. The lowest BCUT2D eigenvalue weighted by Gasteiger charge is -2.60. The van der Waals surface area contributed by atoms with Gasteiger partial charge in [0.25, 0.3) is 0 Å². The van der Waals surface area contributed by atoms with E-state index in [1.807, 2.05) is 0 Å². The fraction of sp³-hybridized carbons (Fsp3) is 0. The summed E-state index contributed by atoms with van der Waals surface area (Å²) in [6, 6.07) is 0. The molecule has 0 aliphatic heterocycles. The zero-order chi connectivity index (χ0) is 55.6. The van der Waals surface area contributed by atoms with Gasteiger partial charge in [-0.15, -0.1) is 0 Å². The van der Waals surface area contributed by atoms with Crippen LogP contribution >= 0.6 is 0 Å². The molecule has 0 rings (SSSR count). The standard InChI is InChI=1S/B70H72/c1-37(2)55(38(3)4)64(56(39(5)6)40(7)8)68(63(53(33)34)54(35)36)70(67(61(49(25)26)50(27)28)62(51(29)30)52(31)32)69(65(57(41(9)10)42(11)12)58(43(13)14)44(15)16)66(59(45(17)18)46(19)20)60(47(21)22)48(23)24/h1-36H2.